The molecule has 3 aromatic rings. The number of carbonyl (C=O) groups is 1. The van der Waals surface area contributed by atoms with Crippen molar-refractivity contribution < 1.29 is 4.79 Å². The maximum Gasteiger partial charge on any atom is 0.217 e. The van der Waals surface area contributed by atoms with E-state index in [1.54, 1.807) is 23.1 Å². The van der Waals surface area contributed by atoms with Crippen molar-refractivity contribution in [2.75, 3.05) is 5.73 Å². The van der Waals surface area contributed by atoms with Gasteiger partial charge in [0.25, 0.3) is 0 Å². The third-order valence-corrected chi connectivity index (χ3v) is 7.55. The van der Waals surface area contributed by atoms with Crippen LogP contribution in [-0.2, 0) is 36.4 Å². The number of thioether (sulfide) groups is 1. The summed E-state index contributed by atoms with van der Waals surface area (Å²) in [6, 6.07) is 0. The molecule has 4 rings (SSSR count). The number of fused-ring (bicyclic) bond motifs is 3. The standard InChI is InChI=1S/C21H29N7OS2/c1-12(2)10-28-17(9-8-15(22)29)26-27-21(28)30-11-16-24-19(23)18-13-6-4-3-5-7-14(13)31-20(18)25-16/h12H,3-11H2,1-2H3,(H2,22,29)(H2,23,24,25). The largest absolute Gasteiger partial charge is 0.383 e. The first-order chi connectivity index (χ1) is 14.9. The molecule has 3 heterocycles. The van der Waals surface area contributed by atoms with Gasteiger partial charge in [-0.25, -0.2) is 9.97 Å². The fourth-order valence-electron chi connectivity index (χ4n) is 4.00. The number of hydrogen-bond donors (Lipinski definition) is 2. The van der Waals surface area contributed by atoms with Crippen molar-refractivity contribution in [1.29, 1.82) is 0 Å². The Morgan fingerprint density at radius 3 is 2.77 bits per heavy atom. The van der Waals surface area contributed by atoms with Crippen molar-refractivity contribution in [2.45, 2.75) is 76.2 Å². The van der Waals surface area contributed by atoms with Gasteiger partial charge in [-0.1, -0.05) is 32.0 Å². The molecule has 4 N–H and O–H groups in total. The molecular weight excluding hydrogens is 430 g/mol. The molecule has 0 aromatic carbocycles. The first-order valence-electron chi connectivity index (χ1n) is 10.8. The summed E-state index contributed by atoms with van der Waals surface area (Å²) < 4.78 is 2.08. The molecule has 0 unspecified atom stereocenters. The molecule has 0 spiro atoms. The van der Waals surface area contributed by atoms with E-state index in [2.05, 4.69) is 33.6 Å². The van der Waals surface area contributed by atoms with Crippen molar-refractivity contribution in [3.05, 3.63) is 22.1 Å². The summed E-state index contributed by atoms with van der Waals surface area (Å²) in [5, 5.41) is 10.5. The van der Waals surface area contributed by atoms with E-state index in [0.29, 0.717) is 29.7 Å². The molecule has 1 aliphatic rings. The number of carbonyl (C=O) groups excluding carboxylic acids is 1. The minimum absolute atomic E-state index is 0.264. The lowest BCUT2D eigenvalue weighted by atomic mass is 10.1. The Bertz CT molecular complexity index is 1090. The van der Waals surface area contributed by atoms with E-state index >= 15 is 0 Å². The van der Waals surface area contributed by atoms with Crippen molar-refractivity contribution in [1.82, 2.24) is 24.7 Å². The quantitative estimate of drug-likeness (QED) is 0.390. The summed E-state index contributed by atoms with van der Waals surface area (Å²) in [5.41, 5.74) is 13.1. The Morgan fingerprint density at radius 2 is 2.00 bits per heavy atom. The van der Waals surface area contributed by atoms with E-state index in [4.69, 9.17) is 16.5 Å². The van der Waals surface area contributed by atoms with E-state index < -0.39 is 0 Å². The number of aryl methyl sites for hydroxylation is 3. The number of hydrogen-bond acceptors (Lipinski definition) is 8. The van der Waals surface area contributed by atoms with Gasteiger partial charge >= 0.3 is 0 Å². The predicted molar refractivity (Wildman–Crippen MR) is 125 cm³/mol. The molecule has 0 fully saturated rings. The third-order valence-electron chi connectivity index (χ3n) is 5.41. The molecular formula is C21H29N7OS2. The number of aromatic nitrogens is 5. The Labute approximate surface area is 190 Å². The second-order valence-electron chi connectivity index (χ2n) is 8.43. The molecule has 166 valence electrons. The highest BCUT2D eigenvalue weighted by molar-refractivity contribution is 7.98. The Balaban J connectivity index is 1.55. The molecule has 3 aromatic heterocycles. The molecule has 1 aliphatic carbocycles. The van der Waals surface area contributed by atoms with Crippen molar-refractivity contribution in [3.8, 4) is 0 Å². The number of primary amides is 1. The van der Waals surface area contributed by atoms with E-state index in [0.717, 1.165) is 40.6 Å². The minimum Gasteiger partial charge on any atom is -0.383 e. The number of thiophene rings is 1. The van der Waals surface area contributed by atoms with Gasteiger partial charge in [0.1, 0.15) is 22.3 Å². The normalized spacial score (nSPS) is 14.2. The Kier molecular flexibility index (Phi) is 6.76. The molecule has 0 radical (unpaired) electrons. The van der Waals surface area contributed by atoms with Crippen molar-refractivity contribution in [3.63, 3.8) is 0 Å². The fourth-order valence-corrected chi connectivity index (χ4v) is 6.11. The minimum atomic E-state index is -0.333. The number of nitrogens with zero attached hydrogens (tertiary/aromatic N) is 5. The predicted octanol–water partition coefficient (Wildman–Crippen LogP) is 3.50. The SMILES string of the molecule is CC(C)Cn1c(CCC(N)=O)nnc1SCc1nc(N)c2c3c(sc2n1)CCCCC3. The van der Waals surface area contributed by atoms with Crippen LogP contribution in [0.4, 0.5) is 5.82 Å². The third kappa shape index (κ3) is 5.01. The van der Waals surface area contributed by atoms with Crippen LogP contribution >= 0.6 is 23.1 Å². The molecule has 0 atom stereocenters. The molecule has 0 bridgehead atoms. The molecule has 10 heteroatoms. The average molecular weight is 460 g/mol. The second kappa shape index (κ2) is 9.52. The number of anilines is 1. The van der Waals surface area contributed by atoms with Crippen molar-refractivity contribution in [2.24, 2.45) is 11.7 Å². The molecule has 31 heavy (non-hydrogen) atoms. The number of nitrogens with two attached hydrogens (primary N) is 2. The van der Waals surface area contributed by atoms with Gasteiger partial charge in [-0.05, 0) is 37.2 Å². The van der Waals surface area contributed by atoms with Gasteiger partial charge in [0.05, 0.1) is 11.1 Å². The van der Waals surface area contributed by atoms with Crippen LogP contribution in [0.2, 0.25) is 0 Å². The zero-order valence-corrected chi connectivity index (χ0v) is 19.7. The Morgan fingerprint density at radius 1 is 1.19 bits per heavy atom. The van der Waals surface area contributed by atoms with Crippen LogP contribution < -0.4 is 11.5 Å². The summed E-state index contributed by atoms with van der Waals surface area (Å²) in [6.07, 6.45) is 6.66. The van der Waals surface area contributed by atoms with Crippen LogP contribution in [0.5, 0.6) is 0 Å². The van der Waals surface area contributed by atoms with Gasteiger partial charge in [0, 0.05) is 24.3 Å². The monoisotopic (exact) mass is 459 g/mol. The summed E-state index contributed by atoms with van der Waals surface area (Å²) in [6.45, 7) is 5.07. The Hall–Kier alpha value is -2.20. The first kappa shape index (κ1) is 22.0. The maximum atomic E-state index is 11.2. The summed E-state index contributed by atoms with van der Waals surface area (Å²) >= 11 is 3.32. The van der Waals surface area contributed by atoms with Crippen LogP contribution in [0.15, 0.2) is 5.16 Å². The van der Waals surface area contributed by atoms with Crippen molar-refractivity contribution >= 4 is 45.0 Å². The summed E-state index contributed by atoms with van der Waals surface area (Å²) in [4.78, 5) is 23.1. The lowest BCUT2D eigenvalue weighted by Gasteiger charge is -2.12. The number of rotatable bonds is 8. The average Bonchev–Trinajstić information content (AvgIpc) is 3.17. The highest BCUT2D eigenvalue weighted by Crippen LogP contribution is 2.37. The first-order valence-corrected chi connectivity index (χ1v) is 12.6. The molecule has 0 saturated carbocycles. The van der Waals surface area contributed by atoms with Crippen LogP contribution in [0.25, 0.3) is 10.2 Å². The molecule has 8 nitrogen and oxygen atoms in total. The smallest absolute Gasteiger partial charge is 0.217 e. The van der Waals surface area contributed by atoms with Crippen LogP contribution in [0.1, 0.15) is 61.6 Å². The van der Waals surface area contributed by atoms with Gasteiger partial charge in [0.2, 0.25) is 5.91 Å². The second-order valence-corrected chi connectivity index (χ2v) is 10.5. The van der Waals surface area contributed by atoms with Gasteiger partial charge < -0.3 is 16.0 Å². The number of nitrogen functional groups attached to an aromatic ring is 1. The zero-order chi connectivity index (χ0) is 22.0. The molecule has 0 saturated heterocycles. The van der Waals surface area contributed by atoms with Crippen LogP contribution in [0, 0.1) is 5.92 Å². The summed E-state index contributed by atoms with van der Waals surface area (Å²) in [5.74, 6) is 2.74. The van der Waals surface area contributed by atoms with Crippen LogP contribution in [0.3, 0.4) is 0 Å². The van der Waals surface area contributed by atoms with E-state index in [-0.39, 0.29) is 12.3 Å². The topological polar surface area (TPSA) is 126 Å². The lowest BCUT2D eigenvalue weighted by molar-refractivity contribution is -0.118. The fraction of sp³-hybridized carbons (Fsp3) is 0.571. The molecule has 1 amide bonds. The van der Waals surface area contributed by atoms with Crippen LogP contribution in [-0.4, -0.2) is 30.6 Å². The van der Waals surface area contributed by atoms with Gasteiger partial charge in [-0.2, -0.15) is 0 Å². The highest BCUT2D eigenvalue weighted by Gasteiger charge is 2.20. The van der Waals surface area contributed by atoms with E-state index in [9.17, 15) is 4.79 Å². The summed E-state index contributed by atoms with van der Waals surface area (Å²) in [7, 11) is 0. The van der Waals surface area contributed by atoms with Gasteiger partial charge in [-0.15, -0.1) is 21.5 Å². The maximum absolute atomic E-state index is 11.2. The van der Waals surface area contributed by atoms with Gasteiger partial charge in [-0.3, -0.25) is 4.79 Å². The number of amides is 1. The van der Waals surface area contributed by atoms with E-state index in [1.165, 1.54) is 29.7 Å². The van der Waals surface area contributed by atoms with E-state index in [1.807, 2.05) is 0 Å². The zero-order valence-electron chi connectivity index (χ0n) is 18.1. The lowest BCUT2D eigenvalue weighted by Crippen LogP contribution is -2.15. The van der Waals surface area contributed by atoms with Gasteiger partial charge in [0.15, 0.2) is 5.16 Å². The molecule has 0 aliphatic heterocycles. The highest BCUT2D eigenvalue weighted by atomic mass is 32.2.